The molecule has 0 fully saturated rings. The van der Waals surface area contributed by atoms with Crippen LogP contribution in [0.5, 0.6) is 0 Å². The molecule has 0 aliphatic carbocycles. The van der Waals surface area contributed by atoms with Crippen LogP contribution in [0.4, 0.5) is 0 Å². The molecule has 4 heteroatoms. The zero-order valence-electron chi connectivity index (χ0n) is 5.13. The minimum atomic E-state index is 0.211. The van der Waals surface area contributed by atoms with Crippen molar-refractivity contribution in [3.05, 3.63) is 17.5 Å². The number of H-pyrrole nitrogens is 1. The Morgan fingerprint density at radius 3 is 3.00 bits per heavy atom. The van der Waals surface area contributed by atoms with Crippen molar-refractivity contribution < 1.29 is 0 Å². The van der Waals surface area contributed by atoms with E-state index in [1.807, 2.05) is 12.1 Å². The Hall–Kier alpha value is -1.81. The summed E-state index contributed by atoms with van der Waals surface area (Å²) in [6.45, 7) is 0. The summed E-state index contributed by atoms with van der Waals surface area (Å²) in [5.74, 6) is 0. The second-order valence-corrected chi connectivity index (χ2v) is 1.71. The maximum Gasteiger partial charge on any atom is 0.103 e. The van der Waals surface area contributed by atoms with E-state index in [4.69, 9.17) is 10.5 Å². The topological polar surface area (TPSA) is 76.3 Å². The molecule has 1 aromatic rings. The number of rotatable bonds is 1. The highest BCUT2D eigenvalue weighted by atomic mass is 15.1. The second-order valence-electron chi connectivity index (χ2n) is 1.71. The van der Waals surface area contributed by atoms with Crippen molar-refractivity contribution in [3.8, 4) is 12.1 Å². The van der Waals surface area contributed by atoms with Crippen LogP contribution >= 0.6 is 0 Å². The predicted molar refractivity (Wildman–Crippen MR) is 32.6 cm³/mol. The molecule has 0 unspecified atom stereocenters. The van der Waals surface area contributed by atoms with E-state index < -0.39 is 0 Å². The van der Waals surface area contributed by atoms with Crippen LogP contribution in [0.2, 0.25) is 0 Å². The summed E-state index contributed by atoms with van der Waals surface area (Å²) in [5.41, 5.74) is 1.03. The highest BCUT2D eigenvalue weighted by Crippen LogP contribution is 2.01. The van der Waals surface area contributed by atoms with Crippen LogP contribution in [0.15, 0.2) is 6.20 Å². The lowest BCUT2D eigenvalue weighted by atomic mass is 10.2. The minimum Gasteiger partial charge on any atom is -0.280 e. The van der Waals surface area contributed by atoms with Gasteiger partial charge in [0.1, 0.15) is 6.07 Å². The maximum atomic E-state index is 8.41. The number of nitriles is 2. The third-order valence-electron chi connectivity index (χ3n) is 1.09. The van der Waals surface area contributed by atoms with Gasteiger partial charge in [0.15, 0.2) is 0 Å². The van der Waals surface area contributed by atoms with Crippen LogP contribution in [0, 0.1) is 22.7 Å². The standard InChI is InChI=1S/C6H4N4/c7-2-1-6-5(3-8)4-9-10-6/h4H,1H2,(H,9,10). The van der Waals surface area contributed by atoms with Gasteiger partial charge in [0.2, 0.25) is 0 Å². The Labute approximate surface area is 57.7 Å². The summed E-state index contributed by atoms with van der Waals surface area (Å²) in [5, 5.41) is 22.8. The molecule has 0 saturated heterocycles. The number of nitrogens with zero attached hydrogens (tertiary/aromatic N) is 3. The molecule has 0 amide bonds. The Kier molecular flexibility index (Phi) is 1.67. The summed E-state index contributed by atoms with van der Waals surface area (Å²) in [4.78, 5) is 0. The van der Waals surface area contributed by atoms with Crippen LogP contribution < -0.4 is 0 Å². The molecule has 0 aliphatic heterocycles. The first-order chi connectivity index (χ1) is 4.88. The molecule has 48 valence electrons. The monoisotopic (exact) mass is 132 g/mol. The quantitative estimate of drug-likeness (QED) is 0.598. The van der Waals surface area contributed by atoms with E-state index in [1.165, 1.54) is 6.20 Å². The summed E-state index contributed by atoms with van der Waals surface area (Å²) in [6.07, 6.45) is 1.62. The van der Waals surface area contributed by atoms with Gasteiger partial charge in [-0.2, -0.15) is 15.6 Å². The third kappa shape index (κ3) is 0.958. The highest BCUT2D eigenvalue weighted by Gasteiger charge is 2.01. The second kappa shape index (κ2) is 2.65. The van der Waals surface area contributed by atoms with E-state index in [2.05, 4.69) is 10.2 Å². The molecule has 0 saturated carbocycles. The lowest BCUT2D eigenvalue weighted by Gasteiger charge is -1.83. The first-order valence-electron chi connectivity index (χ1n) is 2.67. The van der Waals surface area contributed by atoms with Gasteiger partial charge in [-0.3, -0.25) is 5.10 Å². The fourth-order valence-corrected chi connectivity index (χ4v) is 0.623. The van der Waals surface area contributed by atoms with Gasteiger partial charge >= 0.3 is 0 Å². The molecule has 0 radical (unpaired) electrons. The largest absolute Gasteiger partial charge is 0.280 e. The Balaban J connectivity index is 2.96. The van der Waals surface area contributed by atoms with Crippen molar-refractivity contribution in [2.75, 3.05) is 0 Å². The van der Waals surface area contributed by atoms with Crippen LogP contribution in [0.25, 0.3) is 0 Å². The molecule has 0 atom stereocenters. The van der Waals surface area contributed by atoms with Crippen LogP contribution in [-0.2, 0) is 6.42 Å². The van der Waals surface area contributed by atoms with E-state index in [-0.39, 0.29) is 6.42 Å². The van der Waals surface area contributed by atoms with Crippen molar-refractivity contribution >= 4 is 0 Å². The van der Waals surface area contributed by atoms with Gasteiger partial charge in [-0.15, -0.1) is 0 Å². The molecule has 0 aliphatic rings. The fourth-order valence-electron chi connectivity index (χ4n) is 0.623. The van der Waals surface area contributed by atoms with E-state index in [1.54, 1.807) is 0 Å². The lowest BCUT2D eigenvalue weighted by Crippen LogP contribution is -1.84. The van der Waals surface area contributed by atoms with Gasteiger partial charge in [0.05, 0.1) is 29.9 Å². The van der Waals surface area contributed by atoms with Crippen molar-refractivity contribution in [2.24, 2.45) is 0 Å². The van der Waals surface area contributed by atoms with E-state index in [9.17, 15) is 0 Å². The molecule has 10 heavy (non-hydrogen) atoms. The molecule has 1 heterocycles. The first kappa shape index (κ1) is 6.31. The Morgan fingerprint density at radius 1 is 1.60 bits per heavy atom. The number of hydrogen-bond donors (Lipinski definition) is 1. The average Bonchev–Trinajstić information content (AvgIpc) is 2.36. The number of nitrogens with one attached hydrogen (secondary N) is 1. The van der Waals surface area contributed by atoms with Gasteiger partial charge in [0.25, 0.3) is 0 Å². The zero-order chi connectivity index (χ0) is 7.40. The van der Waals surface area contributed by atoms with Gasteiger partial charge in [-0.05, 0) is 0 Å². The normalized spacial score (nSPS) is 8.20. The minimum absolute atomic E-state index is 0.211. The van der Waals surface area contributed by atoms with Crippen molar-refractivity contribution in [1.82, 2.24) is 10.2 Å². The number of aromatic amines is 1. The third-order valence-corrected chi connectivity index (χ3v) is 1.09. The zero-order valence-corrected chi connectivity index (χ0v) is 5.13. The maximum absolute atomic E-state index is 8.41. The van der Waals surface area contributed by atoms with Crippen molar-refractivity contribution in [1.29, 1.82) is 10.5 Å². The SMILES string of the molecule is N#CCc1[nH]ncc1C#N. The summed E-state index contributed by atoms with van der Waals surface area (Å²) in [7, 11) is 0. The fraction of sp³-hybridized carbons (Fsp3) is 0.167. The number of hydrogen-bond acceptors (Lipinski definition) is 3. The molecule has 4 nitrogen and oxygen atoms in total. The molecule has 1 rings (SSSR count). The first-order valence-corrected chi connectivity index (χ1v) is 2.67. The van der Waals surface area contributed by atoms with Gasteiger partial charge in [-0.1, -0.05) is 0 Å². The van der Waals surface area contributed by atoms with E-state index in [0.717, 1.165) is 0 Å². The average molecular weight is 132 g/mol. The smallest absolute Gasteiger partial charge is 0.103 e. The van der Waals surface area contributed by atoms with Gasteiger partial charge in [0, 0.05) is 0 Å². The summed E-state index contributed by atoms with van der Waals surface area (Å²) in [6, 6.07) is 3.84. The number of aromatic nitrogens is 2. The molecular formula is C6H4N4. The lowest BCUT2D eigenvalue weighted by molar-refractivity contribution is 1.01. The highest BCUT2D eigenvalue weighted by molar-refractivity contribution is 5.31. The van der Waals surface area contributed by atoms with Crippen LogP contribution in [-0.4, -0.2) is 10.2 Å². The van der Waals surface area contributed by atoms with Crippen LogP contribution in [0.1, 0.15) is 11.3 Å². The summed E-state index contributed by atoms with van der Waals surface area (Å²) < 4.78 is 0. The van der Waals surface area contributed by atoms with Crippen molar-refractivity contribution in [3.63, 3.8) is 0 Å². The Morgan fingerprint density at radius 2 is 2.40 bits per heavy atom. The van der Waals surface area contributed by atoms with Crippen molar-refractivity contribution in [2.45, 2.75) is 6.42 Å². The Bertz CT molecular complexity index is 298. The van der Waals surface area contributed by atoms with E-state index >= 15 is 0 Å². The van der Waals surface area contributed by atoms with Gasteiger partial charge in [-0.25, -0.2) is 0 Å². The molecule has 1 N–H and O–H groups in total. The molecule has 0 bridgehead atoms. The molecule has 0 aromatic carbocycles. The predicted octanol–water partition coefficient (Wildman–Crippen LogP) is 0.347. The molecular weight excluding hydrogens is 128 g/mol. The molecule has 0 spiro atoms. The molecule has 1 aromatic heterocycles. The van der Waals surface area contributed by atoms with Gasteiger partial charge < -0.3 is 0 Å². The summed E-state index contributed by atoms with van der Waals surface area (Å²) >= 11 is 0. The van der Waals surface area contributed by atoms with E-state index in [0.29, 0.717) is 11.3 Å². The van der Waals surface area contributed by atoms with Crippen LogP contribution in [0.3, 0.4) is 0 Å².